The van der Waals surface area contributed by atoms with Crippen LogP contribution in [0.1, 0.15) is 36.5 Å². The molecular weight excluding hydrogens is 657 g/mol. The molecule has 1 N–H and O–H groups in total. The van der Waals surface area contributed by atoms with Crippen molar-refractivity contribution < 1.29 is 22.7 Å². The Morgan fingerprint density at radius 3 is 2.06 bits per heavy atom. The second-order valence-electron chi connectivity index (χ2n) is 11.2. The van der Waals surface area contributed by atoms with Crippen molar-refractivity contribution in [2.24, 2.45) is 0 Å². The van der Waals surface area contributed by atoms with E-state index in [1.54, 1.807) is 42.5 Å². The molecule has 4 aromatic rings. The van der Waals surface area contributed by atoms with Crippen LogP contribution in [0.2, 0.25) is 10.0 Å². The molecule has 2 amide bonds. The fourth-order valence-corrected chi connectivity index (χ4v) is 6.13. The molecule has 0 saturated carbocycles. The summed E-state index contributed by atoms with van der Waals surface area (Å²) in [4.78, 5) is 29.4. The maximum atomic E-state index is 14.3. The number of anilines is 1. The Morgan fingerprint density at radius 2 is 1.47 bits per heavy atom. The highest BCUT2D eigenvalue weighted by Crippen LogP contribution is 2.26. The number of amides is 2. The van der Waals surface area contributed by atoms with E-state index in [1.165, 1.54) is 4.90 Å². The molecule has 248 valence electrons. The average Bonchev–Trinajstić information content (AvgIpc) is 3.06. The summed E-state index contributed by atoms with van der Waals surface area (Å²) < 4.78 is 33.1. The zero-order chi connectivity index (χ0) is 33.8. The number of nitrogens with zero attached hydrogens (tertiary/aromatic N) is 2. The van der Waals surface area contributed by atoms with E-state index in [-0.39, 0.29) is 24.6 Å². The summed E-state index contributed by atoms with van der Waals surface area (Å²) in [6, 6.07) is 29.6. The maximum Gasteiger partial charge on any atom is 0.244 e. The minimum Gasteiger partial charge on any atom is -0.489 e. The van der Waals surface area contributed by atoms with Crippen molar-refractivity contribution in [3.05, 3.63) is 130 Å². The van der Waals surface area contributed by atoms with Gasteiger partial charge in [0, 0.05) is 19.5 Å². The van der Waals surface area contributed by atoms with Crippen molar-refractivity contribution >= 4 is 50.7 Å². The lowest BCUT2D eigenvalue weighted by atomic mass is 10.0. The molecular formula is C36H39Cl2N3O5S. The summed E-state index contributed by atoms with van der Waals surface area (Å²) in [5, 5.41) is 3.62. The monoisotopic (exact) mass is 695 g/mol. The lowest BCUT2D eigenvalue weighted by Crippen LogP contribution is -2.53. The molecule has 1 atom stereocenters. The van der Waals surface area contributed by atoms with E-state index >= 15 is 0 Å². The first-order valence-corrected chi connectivity index (χ1v) is 17.9. The van der Waals surface area contributed by atoms with Crippen molar-refractivity contribution in [1.29, 1.82) is 0 Å². The maximum absolute atomic E-state index is 14.3. The van der Waals surface area contributed by atoms with Gasteiger partial charge < -0.3 is 15.0 Å². The van der Waals surface area contributed by atoms with Gasteiger partial charge in [-0.15, -0.1) is 0 Å². The van der Waals surface area contributed by atoms with E-state index in [1.807, 2.05) is 67.6 Å². The third-order valence-electron chi connectivity index (χ3n) is 7.49. The molecule has 1 unspecified atom stereocenters. The molecule has 4 aromatic carbocycles. The largest absolute Gasteiger partial charge is 0.489 e. The third-order valence-corrected chi connectivity index (χ3v) is 9.37. The van der Waals surface area contributed by atoms with Gasteiger partial charge in [0.15, 0.2) is 0 Å². The van der Waals surface area contributed by atoms with Crippen LogP contribution in [0.25, 0.3) is 0 Å². The highest BCUT2D eigenvalue weighted by Gasteiger charge is 2.33. The van der Waals surface area contributed by atoms with E-state index in [9.17, 15) is 18.0 Å². The van der Waals surface area contributed by atoms with Crippen molar-refractivity contribution in [3.63, 3.8) is 0 Å². The van der Waals surface area contributed by atoms with Crippen LogP contribution in [0.5, 0.6) is 5.75 Å². The number of nitrogens with one attached hydrogen (secondary N) is 1. The number of unbranched alkanes of at least 4 members (excludes halogenated alkanes) is 1. The summed E-state index contributed by atoms with van der Waals surface area (Å²) in [5.41, 5.74) is 2.76. The van der Waals surface area contributed by atoms with E-state index < -0.39 is 28.5 Å². The molecule has 0 aliphatic heterocycles. The number of benzene rings is 4. The summed E-state index contributed by atoms with van der Waals surface area (Å²) in [6.45, 7) is 2.29. The van der Waals surface area contributed by atoms with Crippen LogP contribution in [-0.4, -0.2) is 50.5 Å². The minimum absolute atomic E-state index is 0.00170. The van der Waals surface area contributed by atoms with Gasteiger partial charge >= 0.3 is 0 Å². The number of halogens is 2. The molecule has 4 rings (SSSR count). The number of sulfonamides is 1. The zero-order valence-electron chi connectivity index (χ0n) is 26.4. The van der Waals surface area contributed by atoms with Gasteiger partial charge in [0.2, 0.25) is 21.8 Å². The summed E-state index contributed by atoms with van der Waals surface area (Å²) in [7, 11) is -3.92. The first kappa shape index (κ1) is 35.8. The van der Waals surface area contributed by atoms with Gasteiger partial charge in [0.05, 0.1) is 22.0 Å². The normalized spacial score (nSPS) is 11.8. The Hall–Kier alpha value is -4.05. The molecule has 8 nitrogen and oxygen atoms in total. The van der Waals surface area contributed by atoms with Crippen LogP contribution < -0.4 is 14.4 Å². The standard InChI is InChI=1S/C36H39Cl2N3O5S/c1-3-4-21-39-36(43)34(23-27-11-7-5-8-12-27)40(24-29-15-20-32(37)33(38)22-29)35(42)25-41(47(2,44)45)30-16-18-31(19-17-30)46-26-28-13-9-6-10-14-28/h5-20,22,34H,3-4,21,23-26H2,1-2H3,(H,39,43). The van der Waals surface area contributed by atoms with Crippen molar-refractivity contribution in [1.82, 2.24) is 10.2 Å². The smallest absolute Gasteiger partial charge is 0.244 e. The SMILES string of the molecule is CCCCNC(=O)C(Cc1ccccc1)N(Cc1ccc(Cl)c(Cl)c1)C(=O)CN(c1ccc(OCc2ccccc2)cc1)S(C)(=O)=O. The Labute approximate surface area is 287 Å². The quantitative estimate of drug-likeness (QED) is 0.129. The lowest BCUT2D eigenvalue weighted by Gasteiger charge is -2.33. The van der Waals surface area contributed by atoms with E-state index in [2.05, 4.69) is 5.32 Å². The van der Waals surface area contributed by atoms with Crippen LogP contribution in [-0.2, 0) is 39.2 Å². The van der Waals surface area contributed by atoms with Crippen molar-refractivity contribution in [2.75, 3.05) is 23.7 Å². The van der Waals surface area contributed by atoms with Crippen LogP contribution in [0, 0.1) is 0 Å². The van der Waals surface area contributed by atoms with Crippen molar-refractivity contribution in [2.45, 2.75) is 45.4 Å². The molecule has 0 fully saturated rings. The number of carbonyl (C=O) groups excluding carboxylic acids is 2. The summed E-state index contributed by atoms with van der Waals surface area (Å²) >= 11 is 12.5. The van der Waals surface area contributed by atoms with E-state index in [4.69, 9.17) is 27.9 Å². The Kier molecular flexibility index (Phi) is 13.1. The fraction of sp³-hybridized carbons (Fsp3) is 0.278. The predicted molar refractivity (Wildman–Crippen MR) is 188 cm³/mol. The Balaban J connectivity index is 1.65. The molecule has 0 aliphatic carbocycles. The number of hydrogen-bond acceptors (Lipinski definition) is 5. The zero-order valence-corrected chi connectivity index (χ0v) is 28.8. The fourth-order valence-electron chi connectivity index (χ4n) is 4.96. The predicted octanol–water partition coefficient (Wildman–Crippen LogP) is 6.89. The van der Waals surface area contributed by atoms with E-state index in [0.717, 1.165) is 34.5 Å². The van der Waals surface area contributed by atoms with Gasteiger partial charge in [0.25, 0.3) is 0 Å². The van der Waals surface area contributed by atoms with Gasteiger partial charge in [-0.1, -0.05) is 103 Å². The minimum atomic E-state index is -3.92. The van der Waals surface area contributed by atoms with Gasteiger partial charge in [-0.3, -0.25) is 13.9 Å². The Morgan fingerprint density at radius 1 is 0.830 bits per heavy atom. The highest BCUT2D eigenvalue weighted by atomic mass is 35.5. The molecule has 0 heterocycles. The van der Waals surface area contributed by atoms with Crippen LogP contribution in [0.3, 0.4) is 0 Å². The van der Waals surface area contributed by atoms with Gasteiger partial charge in [-0.05, 0) is 59.5 Å². The topological polar surface area (TPSA) is 96.0 Å². The Bertz CT molecular complexity index is 1720. The van der Waals surface area contributed by atoms with Crippen LogP contribution in [0.15, 0.2) is 103 Å². The van der Waals surface area contributed by atoms with Gasteiger partial charge in [-0.2, -0.15) is 0 Å². The van der Waals surface area contributed by atoms with E-state index in [0.29, 0.717) is 34.5 Å². The lowest BCUT2D eigenvalue weighted by molar-refractivity contribution is -0.140. The number of rotatable bonds is 16. The molecule has 0 aliphatic rings. The molecule has 0 bridgehead atoms. The van der Waals surface area contributed by atoms with Crippen molar-refractivity contribution in [3.8, 4) is 5.75 Å². The average molecular weight is 697 g/mol. The number of carbonyl (C=O) groups is 2. The summed E-state index contributed by atoms with van der Waals surface area (Å²) in [6.07, 6.45) is 2.92. The van der Waals surface area contributed by atoms with Crippen LogP contribution in [0.4, 0.5) is 5.69 Å². The second-order valence-corrected chi connectivity index (χ2v) is 13.9. The molecule has 0 spiro atoms. The molecule has 0 aromatic heterocycles. The van der Waals surface area contributed by atoms with Gasteiger partial charge in [-0.25, -0.2) is 8.42 Å². The molecule has 11 heteroatoms. The van der Waals surface area contributed by atoms with Crippen LogP contribution >= 0.6 is 23.2 Å². The summed E-state index contributed by atoms with van der Waals surface area (Å²) in [5.74, 6) is -0.343. The number of hydrogen-bond donors (Lipinski definition) is 1. The first-order valence-electron chi connectivity index (χ1n) is 15.3. The molecule has 0 saturated heterocycles. The number of ether oxygens (including phenoxy) is 1. The van der Waals surface area contributed by atoms with Gasteiger partial charge in [0.1, 0.15) is 24.9 Å². The second kappa shape index (κ2) is 17.2. The first-order chi connectivity index (χ1) is 22.5. The third kappa shape index (κ3) is 10.7. The molecule has 0 radical (unpaired) electrons. The highest BCUT2D eigenvalue weighted by molar-refractivity contribution is 7.92. The molecule has 47 heavy (non-hydrogen) atoms.